The van der Waals surface area contributed by atoms with Gasteiger partial charge in [0.05, 0.1) is 6.54 Å². The number of hydrogen-bond acceptors (Lipinski definition) is 4. The molecule has 0 bridgehead atoms. The molecule has 4 rings (SSSR count). The van der Waals surface area contributed by atoms with Crippen molar-refractivity contribution in [3.05, 3.63) is 102 Å². The standard InChI is InChI=1S/C23H21N5O2/c29-22(18-11-5-2-6-12-18)25-19(15-17-9-3-1-4-10-17)23(30)24-16-21-27-26-20-13-7-8-14-28(20)21/h1-14,19H,15-16H2,(H,24,30)(H,25,29)/t19-/m1/s1. The first-order chi connectivity index (χ1) is 14.7. The first-order valence-corrected chi connectivity index (χ1v) is 9.67. The summed E-state index contributed by atoms with van der Waals surface area (Å²) in [5.41, 5.74) is 2.17. The topological polar surface area (TPSA) is 88.4 Å². The molecular weight excluding hydrogens is 378 g/mol. The van der Waals surface area contributed by atoms with Gasteiger partial charge in [0.1, 0.15) is 6.04 Å². The summed E-state index contributed by atoms with van der Waals surface area (Å²) >= 11 is 0. The van der Waals surface area contributed by atoms with Crippen molar-refractivity contribution >= 4 is 17.5 Å². The quantitative estimate of drug-likeness (QED) is 0.499. The number of carbonyl (C=O) groups is 2. The number of hydrogen-bond donors (Lipinski definition) is 2. The van der Waals surface area contributed by atoms with Crippen LogP contribution in [0.5, 0.6) is 0 Å². The van der Waals surface area contributed by atoms with E-state index in [4.69, 9.17) is 0 Å². The lowest BCUT2D eigenvalue weighted by Gasteiger charge is -2.18. The van der Waals surface area contributed by atoms with Crippen LogP contribution in [0.3, 0.4) is 0 Å². The van der Waals surface area contributed by atoms with Gasteiger partial charge in [-0.05, 0) is 29.8 Å². The molecule has 2 aromatic heterocycles. The van der Waals surface area contributed by atoms with Crippen molar-refractivity contribution in [2.24, 2.45) is 0 Å². The lowest BCUT2D eigenvalue weighted by molar-refractivity contribution is -0.123. The molecule has 2 amide bonds. The first kappa shape index (κ1) is 19.3. The minimum Gasteiger partial charge on any atom is -0.347 e. The Hall–Kier alpha value is -4.00. The molecule has 30 heavy (non-hydrogen) atoms. The van der Waals surface area contributed by atoms with E-state index in [-0.39, 0.29) is 18.4 Å². The van der Waals surface area contributed by atoms with Crippen LogP contribution in [0, 0.1) is 0 Å². The summed E-state index contributed by atoms with van der Waals surface area (Å²) in [5, 5.41) is 14.0. The number of nitrogens with zero attached hydrogens (tertiary/aromatic N) is 3. The molecule has 150 valence electrons. The Bertz CT molecular complexity index is 1140. The van der Waals surface area contributed by atoms with Crippen molar-refractivity contribution in [3.63, 3.8) is 0 Å². The van der Waals surface area contributed by atoms with E-state index in [1.807, 2.05) is 65.2 Å². The highest BCUT2D eigenvalue weighted by Gasteiger charge is 2.22. The highest BCUT2D eigenvalue weighted by Crippen LogP contribution is 2.07. The van der Waals surface area contributed by atoms with E-state index in [2.05, 4.69) is 20.8 Å². The van der Waals surface area contributed by atoms with E-state index in [1.54, 1.807) is 24.3 Å². The van der Waals surface area contributed by atoms with Crippen LogP contribution in [-0.4, -0.2) is 32.5 Å². The second-order valence-corrected chi connectivity index (χ2v) is 6.84. The summed E-state index contributed by atoms with van der Waals surface area (Å²) in [6, 6.07) is 23.3. The van der Waals surface area contributed by atoms with Gasteiger partial charge in [0.25, 0.3) is 5.91 Å². The average Bonchev–Trinajstić information content (AvgIpc) is 3.21. The van der Waals surface area contributed by atoms with Crippen LogP contribution in [-0.2, 0) is 17.8 Å². The van der Waals surface area contributed by atoms with Crippen LogP contribution in [0.15, 0.2) is 85.1 Å². The van der Waals surface area contributed by atoms with Crippen LogP contribution in [0.2, 0.25) is 0 Å². The second-order valence-electron chi connectivity index (χ2n) is 6.84. The number of amides is 2. The van der Waals surface area contributed by atoms with Crippen LogP contribution < -0.4 is 10.6 Å². The van der Waals surface area contributed by atoms with Crippen molar-refractivity contribution in [2.75, 3.05) is 0 Å². The Kier molecular flexibility index (Phi) is 5.80. The van der Waals surface area contributed by atoms with Crippen molar-refractivity contribution in [3.8, 4) is 0 Å². The van der Waals surface area contributed by atoms with E-state index < -0.39 is 6.04 Å². The van der Waals surface area contributed by atoms with E-state index in [1.165, 1.54) is 0 Å². The largest absolute Gasteiger partial charge is 0.347 e. The minimum absolute atomic E-state index is 0.205. The van der Waals surface area contributed by atoms with Crippen molar-refractivity contribution in [1.29, 1.82) is 0 Å². The SMILES string of the molecule is O=C(N[C@H](Cc1ccccc1)C(=O)NCc1nnc2ccccn12)c1ccccc1. The Morgan fingerprint density at radius 2 is 1.57 bits per heavy atom. The maximum absolute atomic E-state index is 13.0. The summed E-state index contributed by atoms with van der Waals surface area (Å²) in [7, 11) is 0. The smallest absolute Gasteiger partial charge is 0.251 e. The Morgan fingerprint density at radius 3 is 2.33 bits per heavy atom. The number of benzene rings is 2. The summed E-state index contributed by atoms with van der Waals surface area (Å²) in [6.45, 7) is 0.205. The van der Waals surface area contributed by atoms with Crippen molar-refractivity contribution in [2.45, 2.75) is 19.0 Å². The Balaban J connectivity index is 1.49. The zero-order valence-corrected chi connectivity index (χ0v) is 16.2. The second kappa shape index (κ2) is 9.00. The van der Waals surface area contributed by atoms with E-state index >= 15 is 0 Å². The average molecular weight is 399 g/mol. The Labute approximate surface area is 173 Å². The highest BCUT2D eigenvalue weighted by molar-refractivity contribution is 5.97. The summed E-state index contributed by atoms with van der Waals surface area (Å²) in [6.07, 6.45) is 2.22. The highest BCUT2D eigenvalue weighted by atomic mass is 16.2. The zero-order chi connectivity index (χ0) is 20.8. The van der Waals surface area contributed by atoms with Crippen LogP contribution in [0.25, 0.3) is 5.65 Å². The maximum atomic E-state index is 13.0. The van der Waals surface area contributed by atoms with Gasteiger partial charge in [0.2, 0.25) is 5.91 Å². The first-order valence-electron chi connectivity index (χ1n) is 9.67. The van der Waals surface area contributed by atoms with Gasteiger partial charge in [0.15, 0.2) is 11.5 Å². The predicted octanol–water partition coefficient (Wildman–Crippen LogP) is 2.39. The molecule has 0 radical (unpaired) electrons. The Morgan fingerprint density at radius 1 is 0.867 bits per heavy atom. The molecular formula is C23H21N5O2. The van der Waals surface area contributed by atoms with Gasteiger partial charge in [-0.25, -0.2) is 0 Å². The van der Waals surface area contributed by atoms with Crippen molar-refractivity contribution < 1.29 is 9.59 Å². The lowest BCUT2D eigenvalue weighted by atomic mass is 10.0. The molecule has 1 atom stereocenters. The van der Waals surface area contributed by atoms with Crippen LogP contribution >= 0.6 is 0 Å². The number of carbonyl (C=O) groups excluding carboxylic acids is 2. The van der Waals surface area contributed by atoms with Gasteiger partial charge in [-0.1, -0.05) is 54.6 Å². The molecule has 2 heterocycles. The molecule has 0 spiro atoms. The number of fused-ring (bicyclic) bond motifs is 1. The van der Waals surface area contributed by atoms with E-state index in [9.17, 15) is 9.59 Å². The molecule has 7 nitrogen and oxygen atoms in total. The third-order valence-electron chi connectivity index (χ3n) is 4.75. The predicted molar refractivity (Wildman–Crippen MR) is 113 cm³/mol. The molecule has 0 aliphatic rings. The van der Waals surface area contributed by atoms with Crippen LogP contribution in [0.1, 0.15) is 21.7 Å². The molecule has 0 fully saturated rings. The van der Waals surface area contributed by atoms with Gasteiger partial charge in [0, 0.05) is 18.2 Å². The third kappa shape index (κ3) is 4.52. The van der Waals surface area contributed by atoms with Gasteiger partial charge in [-0.2, -0.15) is 0 Å². The molecule has 7 heteroatoms. The monoisotopic (exact) mass is 399 g/mol. The van der Waals surface area contributed by atoms with E-state index in [0.29, 0.717) is 23.5 Å². The molecule has 0 saturated carbocycles. The third-order valence-corrected chi connectivity index (χ3v) is 4.75. The normalized spacial score (nSPS) is 11.7. The molecule has 2 aromatic carbocycles. The number of aromatic nitrogens is 3. The number of rotatable bonds is 7. The minimum atomic E-state index is -0.723. The number of pyridine rings is 1. The van der Waals surface area contributed by atoms with Crippen LogP contribution in [0.4, 0.5) is 0 Å². The summed E-state index contributed by atoms with van der Waals surface area (Å²) < 4.78 is 1.81. The number of nitrogens with one attached hydrogen (secondary N) is 2. The summed E-state index contributed by atoms with van der Waals surface area (Å²) in [4.78, 5) is 25.6. The fourth-order valence-electron chi connectivity index (χ4n) is 3.19. The summed E-state index contributed by atoms with van der Waals surface area (Å²) in [5.74, 6) is 0.0437. The van der Waals surface area contributed by atoms with Gasteiger partial charge >= 0.3 is 0 Å². The maximum Gasteiger partial charge on any atom is 0.251 e. The molecule has 2 N–H and O–H groups in total. The fourth-order valence-corrected chi connectivity index (χ4v) is 3.19. The molecule has 4 aromatic rings. The zero-order valence-electron chi connectivity index (χ0n) is 16.2. The molecule has 0 saturated heterocycles. The van der Waals surface area contributed by atoms with Crippen molar-refractivity contribution in [1.82, 2.24) is 25.2 Å². The molecule has 0 aliphatic carbocycles. The van der Waals surface area contributed by atoms with Gasteiger partial charge in [-0.15, -0.1) is 10.2 Å². The lowest BCUT2D eigenvalue weighted by Crippen LogP contribution is -2.48. The van der Waals surface area contributed by atoms with Gasteiger partial charge < -0.3 is 10.6 Å². The molecule has 0 aliphatic heterocycles. The van der Waals surface area contributed by atoms with Gasteiger partial charge in [-0.3, -0.25) is 14.0 Å². The van der Waals surface area contributed by atoms with E-state index in [0.717, 1.165) is 5.56 Å². The fraction of sp³-hybridized carbons (Fsp3) is 0.130. The molecule has 0 unspecified atom stereocenters.